The lowest BCUT2D eigenvalue weighted by atomic mass is 10.1. The molecule has 0 unspecified atom stereocenters. The average Bonchev–Trinajstić information content (AvgIpc) is 2.44. The number of rotatable bonds is 2. The van der Waals surface area contributed by atoms with Crippen LogP contribution in [-0.4, -0.2) is 35.7 Å². The fourth-order valence-electron chi connectivity index (χ4n) is 1.73. The zero-order chi connectivity index (χ0) is 14.5. The van der Waals surface area contributed by atoms with Crippen LogP contribution in [0.4, 0.5) is 0 Å². The van der Waals surface area contributed by atoms with Gasteiger partial charge in [0.05, 0.1) is 11.6 Å². The van der Waals surface area contributed by atoms with Gasteiger partial charge in [0.25, 0.3) is 0 Å². The summed E-state index contributed by atoms with van der Waals surface area (Å²) in [6, 6.07) is 8.69. The molecule has 0 radical (unpaired) electrons. The van der Waals surface area contributed by atoms with E-state index in [1.165, 1.54) is 11.0 Å². The number of hydrogen-bond donors (Lipinski definition) is 1. The zero-order valence-electron chi connectivity index (χ0n) is 10.5. The Bertz CT molecular complexity index is 610. The van der Waals surface area contributed by atoms with Crippen LogP contribution < -0.4 is 5.32 Å². The van der Waals surface area contributed by atoms with Crippen molar-refractivity contribution < 1.29 is 14.4 Å². The predicted octanol–water partition coefficient (Wildman–Crippen LogP) is 0.0565. The smallest absolute Gasteiger partial charge is 0.247 e. The molecule has 100 valence electrons. The van der Waals surface area contributed by atoms with Crippen molar-refractivity contribution in [1.82, 2.24) is 10.2 Å². The Morgan fingerprint density at radius 3 is 2.35 bits per heavy atom. The van der Waals surface area contributed by atoms with Crippen molar-refractivity contribution in [1.29, 1.82) is 5.26 Å². The van der Waals surface area contributed by atoms with Crippen molar-refractivity contribution in [3.8, 4) is 6.07 Å². The van der Waals surface area contributed by atoms with Crippen molar-refractivity contribution >= 4 is 23.8 Å². The number of carbonyl (C=O) groups is 3. The van der Waals surface area contributed by atoms with Gasteiger partial charge >= 0.3 is 0 Å². The van der Waals surface area contributed by atoms with Crippen LogP contribution in [0.2, 0.25) is 0 Å². The molecule has 3 amide bonds. The highest BCUT2D eigenvalue weighted by atomic mass is 16.2. The zero-order valence-corrected chi connectivity index (χ0v) is 10.5. The van der Waals surface area contributed by atoms with Gasteiger partial charge in [0.15, 0.2) is 0 Å². The van der Waals surface area contributed by atoms with Gasteiger partial charge in [0, 0.05) is 6.08 Å². The second-order valence-corrected chi connectivity index (χ2v) is 4.23. The maximum absolute atomic E-state index is 11.8. The van der Waals surface area contributed by atoms with Gasteiger partial charge in [-0.15, -0.1) is 0 Å². The van der Waals surface area contributed by atoms with Gasteiger partial charge in [-0.3, -0.25) is 19.7 Å². The van der Waals surface area contributed by atoms with E-state index in [9.17, 15) is 14.4 Å². The monoisotopic (exact) mass is 269 g/mol. The third-order valence-electron chi connectivity index (χ3n) is 2.72. The van der Waals surface area contributed by atoms with Crippen molar-refractivity contribution in [2.45, 2.75) is 0 Å². The molecule has 20 heavy (non-hydrogen) atoms. The van der Waals surface area contributed by atoms with Crippen LogP contribution in [0.3, 0.4) is 0 Å². The second-order valence-electron chi connectivity index (χ2n) is 4.23. The summed E-state index contributed by atoms with van der Waals surface area (Å²) in [6.45, 7) is -0.245. The van der Waals surface area contributed by atoms with Crippen molar-refractivity contribution in [2.24, 2.45) is 0 Å². The Balaban J connectivity index is 2.03. The van der Waals surface area contributed by atoms with Crippen LogP contribution in [0.1, 0.15) is 11.1 Å². The Morgan fingerprint density at radius 2 is 1.80 bits per heavy atom. The van der Waals surface area contributed by atoms with Crippen LogP contribution in [0.5, 0.6) is 0 Å². The highest BCUT2D eigenvalue weighted by Crippen LogP contribution is 2.06. The average molecular weight is 269 g/mol. The molecule has 1 aromatic carbocycles. The van der Waals surface area contributed by atoms with E-state index in [1.807, 2.05) is 6.07 Å². The first-order chi connectivity index (χ1) is 9.58. The van der Waals surface area contributed by atoms with E-state index in [0.29, 0.717) is 5.56 Å². The topological polar surface area (TPSA) is 90.3 Å². The molecular weight excluding hydrogens is 258 g/mol. The molecular formula is C14H11N3O3. The molecule has 1 aliphatic heterocycles. The van der Waals surface area contributed by atoms with E-state index < -0.39 is 17.7 Å². The van der Waals surface area contributed by atoms with Gasteiger partial charge in [0.2, 0.25) is 17.7 Å². The maximum Gasteiger partial charge on any atom is 0.247 e. The largest absolute Gasteiger partial charge is 0.321 e. The van der Waals surface area contributed by atoms with E-state index in [-0.39, 0.29) is 13.1 Å². The molecule has 1 fully saturated rings. The molecule has 6 nitrogen and oxygen atoms in total. The standard InChI is InChI=1S/C14H11N3O3/c15-7-11-3-1-10(2-4-11)5-6-14(20)17-8-12(18)16-13(19)9-17/h1-6H,8-9H2,(H,16,18,19). The molecule has 1 heterocycles. The number of carbonyl (C=O) groups excluding carboxylic acids is 3. The number of nitrogens with zero attached hydrogens (tertiary/aromatic N) is 2. The Labute approximate surface area is 115 Å². The van der Waals surface area contributed by atoms with Gasteiger partial charge in [-0.1, -0.05) is 12.1 Å². The number of hydrogen-bond acceptors (Lipinski definition) is 4. The molecule has 0 atom stereocenters. The van der Waals surface area contributed by atoms with E-state index in [0.717, 1.165) is 5.56 Å². The number of nitriles is 1. The molecule has 1 N–H and O–H groups in total. The highest BCUT2D eigenvalue weighted by Gasteiger charge is 2.24. The van der Waals surface area contributed by atoms with Crippen LogP contribution >= 0.6 is 0 Å². The van der Waals surface area contributed by atoms with E-state index >= 15 is 0 Å². The lowest BCUT2D eigenvalue weighted by Crippen LogP contribution is -2.52. The predicted molar refractivity (Wildman–Crippen MR) is 69.9 cm³/mol. The Morgan fingerprint density at radius 1 is 1.20 bits per heavy atom. The molecule has 1 saturated heterocycles. The van der Waals surface area contributed by atoms with Gasteiger partial charge in [-0.05, 0) is 23.8 Å². The minimum absolute atomic E-state index is 0.123. The Hall–Kier alpha value is -2.94. The highest BCUT2D eigenvalue weighted by molar-refractivity contribution is 6.04. The van der Waals surface area contributed by atoms with Crippen LogP contribution in [0, 0.1) is 11.3 Å². The van der Waals surface area contributed by atoms with Gasteiger partial charge < -0.3 is 4.90 Å². The molecule has 0 aromatic heterocycles. The van der Waals surface area contributed by atoms with Crippen molar-refractivity contribution in [2.75, 3.05) is 13.1 Å². The summed E-state index contributed by atoms with van der Waals surface area (Å²) >= 11 is 0. The molecule has 1 aromatic rings. The van der Waals surface area contributed by atoms with Gasteiger partial charge in [-0.2, -0.15) is 5.26 Å². The number of amides is 3. The number of imide groups is 1. The second kappa shape index (κ2) is 5.80. The fourth-order valence-corrected chi connectivity index (χ4v) is 1.73. The molecule has 0 aliphatic carbocycles. The lowest BCUT2D eigenvalue weighted by Gasteiger charge is -2.24. The molecule has 1 aliphatic rings. The minimum atomic E-state index is -0.485. The molecule has 2 rings (SSSR count). The number of piperazine rings is 1. The van der Waals surface area contributed by atoms with Crippen LogP contribution in [0.25, 0.3) is 6.08 Å². The minimum Gasteiger partial charge on any atom is -0.321 e. The summed E-state index contributed by atoms with van der Waals surface area (Å²) < 4.78 is 0. The first kappa shape index (κ1) is 13.5. The first-order valence-electron chi connectivity index (χ1n) is 5.88. The maximum atomic E-state index is 11.8. The summed E-state index contributed by atoms with van der Waals surface area (Å²) in [5.74, 6) is -1.37. The molecule has 0 spiro atoms. The number of benzene rings is 1. The normalized spacial score (nSPS) is 15.1. The van der Waals surface area contributed by atoms with E-state index in [2.05, 4.69) is 5.32 Å². The summed E-state index contributed by atoms with van der Waals surface area (Å²) in [7, 11) is 0. The van der Waals surface area contributed by atoms with Gasteiger partial charge in [-0.25, -0.2) is 0 Å². The molecule has 6 heteroatoms. The van der Waals surface area contributed by atoms with E-state index in [1.54, 1.807) is 30.3 Å². The summed E-state index contributed by atoms with van der Waals surface area (Å²) in [6.07, 6.45) is 2.87. The lowest BCUT2D eigenvalue weighted by molar-refractivity contribution is -0.143. The third kappa shape index (κ3) is 3.29. The van der Waals surface area contributed by atoms with E-state index in [4.69, 9.17) is 5.26 Å². The summed E-state index contributed by atoms with van der Waals surface area (Å²) in [4.78, 5) is 35.3. The van der Waals surface area contributed by atoms with Crippen LogP contribution in [0.15, 0.2) is 30.3 Å². The fraction of sp³-hybridized carbons (Fsp3) is 0.143. The van der Waals surface area contributed by atoms with Crippen LogP contribution in [-0.2, 0) is 14.4 Å². The third-order valence-corrected chi connectivity index (χ3v) is 2.72. The van der Waals surface area contributed by atoms with Crippen molar-refractivity contribution in [3.63, 3.8) is 0 Å². The Kier molecular flexibility index (Phi) is 3.91. The molecule has 0 saturated carbocycles. The summed E-state index contributed by atoms with van der Waals surface area (Å²) in [5, 5.41) is 10.8. The molecule has 0 bridgehead atoms. The number of nitrogens with one attached hydrogen (secondary N) is 1. The van der Waals surface area contributed by atoms with Crippen molar-refractivity contribution in [3.05, 3.63) is 41.5 Å². The first-order valence-corrected chi connectivity index (χ1v) is 5.88. The van der Waals surface area contributed by atoms with Gasteiger partial charge in [0.1, 0.15) is 13.1 Å². The summed E-state index contributed by atoms with van der Waals surface area (Å²) in [5.41, 5.74) is 1.29. The quantitative estimate of drug-likeness (QED) is 0.607. The SMILES string of the molecule is N#Cc1ccc(C=CC(=O)N2CC(=O)NC(=O)C2)cc1.